The van der Waals surface area contributed by atoms with Gasteiger partial charge in [-0.25, -0.2) is 4.79 Å². The molecule has 0 aliphatic carbocycles. The van der Waals surface area contributed by atoms with Gasteiger partial charge in [-0.1, -0.05) is 50.2 Å². The second kappa shape index (κ2) is 11.2. The number of hydrogen-bond donors (Lipinski definition) is 2. The summed E-state index contributed by atoms with van der Waals surface area (Å²) in [5.41, 5.74) is 1.85. The number of methoxy groups -OCH3 is 1. The van der Waals surface area contributed by atoms with Gasteiger partial charge < -0.3 is 24.6 Å². The van der Waals surface area contributed by atoms with Gasteiger partial charge in [0.15, 0.2) is 0 Å². The van der Waals surface area contributed by atoms with E-state index in [9.17, 15) is 24.6 Å². The Kier molecular flexibility index (Phi) is 7.81. The lowest BCUT2D eigenvalue weighted by Crippen LogP contribution is -2.29. The second-order valence-electron chi connectivity index (χ2n) is 9.44. The molecule has 1 aliphatic heterocycles. The number of nitrogens with zero attached hydrogens (tertiary/aromatic N) is 1. The SMILES string of the molecule is COC(=O)c1ccc(CN2C(=O)C(=O)/C(=C(/O)c3cccc(OCC(C)C)c3)C2c2ccc(O)cc2)cc1. The first-order valence-electron chi connectivity index (χ1n) is 12.2. The van der Waals surface area contributed by atoms with E-state index >= 15 is 0 Å². The first kappa shape index (κ1) is 26.5. The molecule has 0 spiro atoms. The molecule has 0 bridgehead atoms. The van der Waals surface area contributed by atoms with Crippen LogP contribution in [0.2, 0.25) is 0 Å². The maximum atomic E-state index is 13.3. The molecule has 3 aromatic rings. The van der Waals surface area contributed by atoms with E-state index in [0.29, 0.717) is 40.5 Å². The number of hydrogen-bond acceptors (Lipinski definition) is 7. The number of aliphatic hydroxyl groups excluding tert-OH is 1. The summed E-state index contributed by atoms with van der Waals surface area (Å²) in [5, 5.41) is 21.1. The molecule has 1 amide bonds. The van der Waals surface area contributed by atoms with Crippen molar-refractivity contribution < 1.29 is 34.1 Å². The van der Waals surface area contributed by atoms with Crippen LogP contribution >= 0.6 is 0 Å². The van der Waals surface area contributed by atoms with Crippen LogP contribution in [-0.4, -0.2) is 46.5 Å². The lowest BCUT2D eigenvalue weighted by Gasteiger charge is -2.25. The average Bonchev–Trinajstić information content (AvgIpc) is 3.17. The van der Waals surface area contributed by atoms with E-state index in [0.717, 1.165) is 0 Å². The topological polar surface area (TPSA) is 113 Å². The van der Waals surface area contributed by atoms with Gasteiger partial charge in [0, 0.05) is 12.1 Å². The Hall–Kier alpha value is -4.59. The van der Waals surface area contributed by atoms with E-state index in [1.807, 2.05) is 13.8 Å². The smallest absolute Gasteiger partial charge is 0.337 e. The summed E-state index contributed by atoms with van der Waals surface area (Å²) in [5.74, 6) is -1.54. The summed E-state index contributed by atoms with van der Waals surface area (Å²) < 4.78 is 10.5. The number of amides is 1. The molecule has 1 atom stereocenters. The molecule has 0 radical (unpaired) electrons. The molecular weight excluding hydrogens is 486 g/mol. The maximum absolute atomic E-state index is 13.3. The average molecular weight is 516 g/mol. The van der Waals surface area contributed by atoms with E-state index in [1.165, 1.54) is 24.1 Å². The van der Waals surface area contributed by atoms with Crippen molar-refractivity contribution in [1.29, 1.82) is 0 Å². The minimum Gasteiger partial charge on any atom is -0.508 e. The van der Waals surface area contributed by atoms with Crippen molar-refractivity contribution in [2.24, 2.45) is 5.92 Å². The predicted octanol–water partition coefficient (Wildman–Crippen LogP) is 4.84. The third-order valence-electron chi connectivity index (χ3n) is 6.17. The monoisotopic (exact) mass is 515 g/mol. The lowest BCUT2D eigenvalue weighted by molar-refractivity contribution is -0.140. The molecule has 38 heavy (non-hydrogen) atoms. The van der Waals surface area contributed by atoms with Crippen LogP contribution in [0.3, 0.4) is 0 Å². The number of phenolic OH excluding ortho intramolecular Hbond substituents is 1. The highest BCUT2D eigenvalue weighted by atomic mass is 16.5. The third kappa shape index (κ3) is 5.54. The van der Waals surface area contributed by atoms with Crippen molar-refractivity contribution in [2.45, 2.75) is 26.4 Å². The van der Waals surface area contributed by atoms with Gasteiger partial charge >= 0.3 is 5.97 Å². The van der Waals surface area contributed by atoms with Crippen LogP contribution in [0.4, 0.5) is 0 Å². The molecule has 0 saturated carbocycles. The Labute approximate surface area is 220 Å². The molecule has 2 N–H and O–H groups in total. The zero-order valence-electron chi connectivity index (χ0n) is 21.4. The van der Waals surface area contributed by atoms with Crippen LogP contribution in [0.1, 0.15) is 46.9 Å². The number of rotatable bonds is 8. The quantitative estimate of drug-likeness (QED) is 0.191. The van der Waals surface area contributed by atoms with Crippen molar-refractivity contribution in [3.05, 3.63) is 101 Å². The number of carbonyl (C=O) groups is 3. The van der Waals surface area contributed by atoms with Gasteiger partial charge in [-0.15, -0.1) is 0 Å². The largest absolute Gasteiger partial charge is 0.508 e. The normalized spacial score (nSPS) is 16.6. The van der Waals surface area contributed by atoms with E-state index in [1.54, 1.807) is 60.7 Å². The third-order valence-corrected chi connectivity index (χ3v) is 6.17. The van der Waals surface area contributed by atoms with Crippen LogP contribution < -0.4 is 4.74 Å². The van der Waals surface area contributed by atoms with Crippen LogP contribution in [0.5, 0.6) is 11.5 Å². The molecule has 196 valence electrons. The van der Waals surface area contributed by atoms with Gasteiger partial charge in [0.1, 0.15) is 17.3 Å². The van der Waals surface area contributed by atoms with Crippen molar-refractivity contribution >= 4 is 23.4 Å². The number of benzene rings is 3. The Bertz CT molecular complexity index is 1370. The first-order chi connectivity index (χ1) is 18.2. The number of aromatic hydroxyl groups is 1. The minimum atomic E-state index is -0.906. The number of phenols is 1. The zero-order chi connectivity index (χ0) is 27.4. The number of aliphatic hydroxyl groups is 1. The highest BCUT2D eigenvalue weighted by Crippen LogP contribution is 2.41. The molecule has 1 fully saturated rings. The van der Waals surface area contributed by atoms with Crippen LogP contribution in [0.15, 0.2) is 78.4 Å². The van der Waals surface area contributed by atoms with Crippen LogP contribution in [0.25, 0.3) is 5.76 Å². The molecule has 1 heterocycles. The highest BCUT2D eigenvalue weighted by Gasteiger charge is 2.46. The fourth-order valence-electron chi connectivity index (χ4n) is 4.26. The number of ether oxygens (including phenoxy) is 2. The lowest BCUT2D eigenvalue weighted by atomic mass is 9.95. The molecular formula is C30H29NO7. The van der Waals surface area contributed by atoms with Gasteiger partial charge in [-0.05, 0) is 53.4 Å². The molecule has 4 rings (SSSR count). The summed E-state index contributed by atoms with van der Waals surface area (Å²) in [4.78, 5) is 39.7. The Morgan fingerprint density at radius 3 is 2.29 bits per heavy atom. The Balaban J connectivity index is 1.76. The number of Topliss-reactive ketones (excluding diaryl/α,β-unsaturated/α-hetero) is 1. The summed E-state index contributed by atoms with van der Waals surface area (Å²) in [7, 11) is 1.29. The summed E-state index contributed by atoms with van der Waals surface area (Å²) in [6, 6.07) is 18.5. The number of esters is 1. The number of ketones is 1. The van der Waals surface area contributed by atoms with Crippen LogP contribution in [0, 0.1) is 5.92 Å². The molecule has 3 aromatic carbocycles. The maximum Gasteiger partial charge on any atom is 0.337 e. The first-order valence-corrected chi connectivity index (χ1v) is 12.2. The van der Waals surface area contributed by atoms with E-state index in [-0.39, 0.29) is 23.6 Å². The standard InChI is InChI=1S/C30H29NO7/c1-18(2)17-38-24-6-4-5-22(15-24)27(33)25-26(20-11-13-23(32)14-12-20)31(29(35)28(25)34)16-19-7-9-21(10-8-19)30(36)37-3/h4-15,18,26,32-33H,16-17H2,1-3H3/b27-25+. The molecule has 0 aromatic heterocycles. The number of likely N-dealkylation sites (tertiary alicyclic amines) is 1. The van der Waals surface area contributed by atoms with Crippen molar-refractivity contribution in [1.82, 2.24) is 4.90 Å². The summed E-state index contributed by atoms with van der Waals surface area (Å²) in [6.45, 7) is 4.57. The zero-order valence-corrected chi connectivity index (χ0v) is 21.4. The predicted molar refractivity (Wildman–Crippen MR) is 141 cm³/mol. The fourth-order valence-corrected chi connectivity index (χ4v) is 4.26. The van der Waals surface area contributed by atoms with Crippen molar-refractivity contribution in [2.75, 3.05) is 13.7 Å². The molecule has 8 heteroatoms. The van der Waals surface area contributed by atoms with Crippen molar-refractivity contribution in [3.63, 3.8) is 0 Å². The molecule has 8 nitrogen and oxygen atoms in total. The Morgan fingerprint density at radius 1 is 0.974 bits per heavy atom. The van der Waals surface area contributed by atoms with Gasteiger partial charge in [0.25, 0.3) is 11.7 Å². The van der Waals surface area contributed by atoms with Crippen LogP contribution in [-0.2, 0) is 20.9 Å². The Morgan fingerprint density at radius 2 is 1.66 bits per heavy atom. The van der Waals surface area contributed by atoms with Gasteiger partial charge in [0.2, 0.25) is 0 Å². The molecule has 1 aliphatic rings. The molecule has 1 unspecified atom stereocenters. The van der Waals surface area contributed by atoms with E-state index in [4.69, 9.17) is 9.47 Å². The molecule has 1 saturated heterocycles. The fraction of sp³-hybridized carbons (Fsp3) is 0.233. The summed E-state index contributed by atoms with van der Waals surface area (Å²) in [6.07, 6.45) is 0. The highest BCUT2D eigenvalue weighted by molar-refractivity contribution is 6.46. The summed E-state index contributed by atoms with van der Waals surface area (Å²) >= 11 is 0. The minimum absolute atomic E-state index is 0.0269. The number of carbonyl (C=O) groups excluding carboxylic acids is 3. The van der Waals surface area contributed by atoms with E-state index < -0.39 is 23.7 Å². The van der Waals surface area contributed by atoms with Gasteiger partial charge in [-0.3, -0.25) is 9.59 Å². The van der Waals surface area contributed by atoms with Gasteiger partial charge in [0.05, 0.1) is 30.9 Å². The van der Waals surface area contributed by atoms with Crippen molar-refractivity contribution in [3.8, 4) is 11.5 Å². The second-order valence-corrected chi connectivity index (χ2v) is 9.44. The van der Waals surface area contributed by atoms with Gasteiger partial charge in [-0.2, -0.15) is 0 Å². The van der Waals surface area contributed by atoms with E-state index in [2.05, 4.69) is 0 Å².